The molecule has 3 rings (SSSR count). The van der Waals surface area contributed by atoms with Gasteiger partial charge in [0.1, 0.15) is 5.82 Å². The average molecular weight is 315 g/mol. The maximum atomic E-state index is 13.0. The van der Waals surface area contributed by atoms with Gasteiger partial charge in [-0.15, -0.1) is 0 Å². The SMILES string of the molecule is Cc1cc(/C=N/n2c(-c3ccc(F)cc3)n[nH]c2=S)c(C)[nH]1. The zero-order valence-electron chi connectivity index (χ0n) is 12.1. The average Bonchev–Trinajstić information content (AvgIpc) is 3.00. The smallest absolute Gasteiger partial charge is 0.216 e. The Morgan fingerprint density at radius 1 is 1.27 bits per heavy atom. The van der Waals surface area contributed by atoms with Gasteiger partial charge in [-0.2, -0.15) is 14.9 Å². The highest BCUT2D eigenvalue weighted by Gasteiger charge is 2.08. The first-order valence-corrected chi connectivity index (χ1v) is 7.09. The fraction of sp³-hybridized carbons (Fsp3) is 0.133. The Morgan fingerprint density at radius 3 is 2.64 bits per heavy atom. The van der Waals surface area contributed by atoms with Gasteiger partial charge >= 0.3 is 0 Å². The molecule has 0 radical (unpaired) electrons. The van der Waals surface area contributed by atoms with Crippen LogP contribution in [-0.2, 0) is 0 Å². The van der Waals surface area contributed by atoms with Gasteiger partial charge in [0.25, 0.3) is 0 Å². The number of H-pyrrole nitrogens is 2. The summed E-state index contributed by atoms with van der Waals surface area (Å²) in [6.45, 7) is 3.96. The normalized spacial score (nSPS) is 11.4. The van der Waals surface area contributed by atoms with Gasteiger partial charge in [0.15, 0.2) is 5.82 Å². The van der Waals surface area contributed by atoms with Gasteiger partial charge < -0.3 is 4.98 Å². The third kappa shape index (κ3) is 2.75. The molecule has 1 aromatic carbocycles. The first-order valence-electron chi connectivity index (χ1n) is 6.68. The molecule has 0 aliphatic carbocycles. The minimum absolute atomic E-state index is 0.300. The van der Waals surface area contributed by atoms with E-state index in [0.717, 1.165) is 22.5 Å². The summed E-state index contributed by atoms with van der Waals surface area (Å²) in [5.74, 6) is 0.234. The maximum Gasteiger partial charge on any atom is 0.216 e. The molecule has 2 heterocycles. The van der Waals surface area contributed by atoms with Crippen molar-refractivity contribution in [3.63, 3.8) is 0 Å². The van der Waals surface area contributed by atoms with Crippen LogP contribution in [0.25, 0.3) is 11.4 Å². The Bertz CT molecular complexity index is 886. The lowest BCUT2D eigenvalue weighted by Crippen LogP contribution is -1.95. The van der Waals surface area contributed by atoms with E-state index in [9.17, 15) is 4.39 Å². The molecule has 0 saturated heterocycles. The summed E-state index contributed by atoms with van der Waals surface area (Å²) in [7, 11) is 0. The van der Waals surface area contributed by atoms with E-state index in [2.05, 4.69) is 20.3 Å². The Labute approximate surface area is 131 Å². The molecular formula is C15H14FN5S. The van der Waals surface area contributed by atoms with E-state index in [4.69, 9.17) is 12.2 Å². The Balaban J connectivity index is 2.01. The zero-order chi connectivity index (χ0) is 15.7. The minimum Gasteiger partial charge on any atom is -0.362 e. The summed E-state index contributed by atoms with van der Waals surface area (Å²) in [6.07, 6.45) is 1.72. The third-order valence-corrected chi connectivity index (χ3v) is 3.52. The topological polar surface area (TPSA) is 61.8 Å². The van der Waals surface area contributed by atoms with Crippen molar-refractivity contribution in [2.75, 3.05) is 0 Å². The summed E-state index contributed by atoms with van der Waals surface area (Å²) in [5, 5.41) is 11.3. The fourth-order valence-corrected chi connectivity index (χ4v) is 2.36. The van der Waals surface area contributed by atoms with E-state index in [-0.39, 0.29) is 5.82 Å². The van der Waals surface area contributed by atoms with Gasteiger partial charge in [-0.3, -0.25) is 0 Å². The van der Waals surface area contributed by atoms with E-state index in [1.165, 1.54) is 16.8 Å². The van der Waals surface area contributed by atoms with Crippen LogP contribution in [0.2, 0.25) is 0 Å². The van der Waals surface area contributed by atoms with Gasteiger partial charge in [0.2, 0.25) is 4.77 Å². The molecular weight excluding hydrogens is 301 g/mol. The number of benzene rings is 1. The van der Waals surface area contributed by atoms with E-state index >= 15 is 0 Å². The van der Waals surface area contributed by atoms with Crippen molar-refractivity contribution in [2.45, 2.75) is 13.8 Å². The van der Waals surface area contributed by atoms with Gasteiger partial charge in [0, 0.05) is 22.5 Å². The molecule has 2 N–H and O–H groups in total. The molecule has 7 heteroatoms. The number of hydrogen-bond donors (Lipinski definition) is 2. The lowest BCUT2D eigenvalue weighted by atomic mass is 10.2. The molecule has 2 aromatic heterocycles. The molecule has 0 bridgehead atoms. The molecule has 0 amide bonds. The molecule has 22 heavy (non-hydrogen) atoms. The largest absolute Gasteiger partial charge is 0.362 e. The standard InChI is InChI=1S/C15H14FN5S/c1-9-7-12(10(2)18-9)8-17-21-14(19-20-15(21)22)11-3-5-13(16)6-4-11/h3-8,18H,1-2H3,(H,20,22)/b17-8+. The van der Waals surface area contributed by atoms with Crippen molar-refractivity contribution in [3.05, 3.63) is 57.9 Å². The first kappa shape index (κ1) is 14.4. The zero-order valence-corrected chi connectivity index (χ0v) is 12.9. The van der Waals surface area contributed by atoms with Crippen LogP contribution in [0.15, 0.2) is 35.4 Å². The number of aromatic nitrogens is 4. The van der Waals surface area contributed by atoms with Gasteiger partial charge in [-0.05, 0) is 56.4 Å². The van der Waals surface area contributed by atoms with Crippen LogP contribution in [-0.4, -0.2) is 26.1 Å². The molecule has 0 unspecified atom stereocenters. The quantitative estimate of drug-likeness (QED) is 0.573. The highest BCUT2D eigenvalue weighted by Crippen LogP contribution is 2.17. The van der Waals surface area contributed by atoms with Crippen LogP contribution < -0.4 is 0 Å². The lowest BCUT2D eigenvalue weighted by molar-refractivity contribution is 0.628. The molecule has 3 aromatic rings. The highest BCUT2D eigenvalue weighted by molar-refractivity contribution is 7.71. The number of rotatable bonds is 3. The Kier molecular flexibility index (Phi) is 3.72. The van der Waals surface area contributed by atoms with E-state index in [0.29, 0.717) is 10.6 Å². The predicted molar refractivity (Wildman–Crippen MR) is 86.1 cm³/mol. The van der Waals surface area contributed by atoms with Crippen molar-refractivity contribution in [2.24, 2.45) is 5.10 Å². The first-order chi connectivity index (χ1) is 10.5. The number of hydrogen-bond acceptors (Lipinski definition) is 3. The van der Waals surface area contributed by atoms with Crippen molar-refractivity contribution in [3.8, 4) is 11.4 Å². The number of aromatic amines is 2. The maximum absolute atomic E-state index is 13.0. The second-order valence-corrected chi connectivity index (χ2v) is 5.34. The van der Waals surface area contributed by atoms with Crippen molar-refractivity contribution in [1.82, 2.24) is 19.9 Å². The minimum atomic E-state index is -0.300. The molecule has 0 atom stereocenters. The van der Waals surface area contributed by atoms with Crippen molar-refractivity contribution < 1.29 is 4.39 Å². The molecule has 5 nitrogen and oxygen atoms in total. The highest BCUT2D eigenvalue weighted by atomic mass is 32.1. The second kappa shape index (κ2) is 5.69. The van der Waals surface area contributed by atoms with Crippen LogP contribution in [0.5, 0.6) is 0 Å². The van der Waals surface area contributed by atoms with Crippen LogP contribution in [0.1, 0.15) is 17.0 Å². The molecule has 0 aliphatic rings. The predicted octanol–water partition coefficient (Wildman–Crippen LogP) is 3.57. The summed E-state index contributed by atoms with van der Waals surface area (Å²) in [4.78, 5) is 3.21. The number of aryl methyl sites for hydroxylation is 2. The van der Waals surface area contributed by atoms with E-state index < -0.39 is 0 Å². The Hall–Kier alpha value is -2.54. The van der Waals surface area contributed by atoms with E-state index in [1.807, 2.05) is 19.9 Å². The molecule has 112 valence electrons. The monoisotopic (exact) mass is 315 g/mol. The summed E-state index contributed by atoms with van der Waals surface area (Å²) in [6, 6.07) is 8.03. The van der Waals surface area contributed by atoms with Crippen molar-refractivity contribution in [1.29, 1.82) is 0 Å². The molecule has 0 fully saturated rings. The van der Waals surface area contributed by atoms with Gasteiger partial charge in [-0.25, -0.2) is 9.49 Å². The number of nitrogens with zero attached hydrogens (tertiary/aromatic N) is 3. The summed E-state index contributed by atoms with van der Waals surface area (Å²) >= 11 is 5.20. The van der Waals surface area contributed by atoms with Crippen LogP contribution in [0.4, 0.5) is 4.39 Å². The third-order valence-electron chi connectivity index (χ3n) is 3.25. The van der Waals surface area contributed by atoms with E-state index in [1.54, 1.807) is 18.3 Å². The van der Waals surface area contributed by atoms with Gasteiger partial charge in [0.05, 0.1) is 6.21 Å². The molecule has 0 saturated carbocycles. The molecule has 0 aliphatic heterocycles. The van der Waals surface area contributed by atoms with Crippen LogP contribution >= 0.6 is 12.2 Å². The van der Waals surface area contributed by atoms with Gasteiger partial charge in [-0.1, -0.05) is 0 Å². The Morgan fingerprint density at radius 2 is 2.00 bits per heavy atom. The summed E-state index contributed by atoms with van der Waals surface area (Å²) < 4.78 is 14.9. The summed E-state index contributed by atoms with van der Waals surface area (Å²) in [5.41, 5.74) is 3.80. The number of halogens is 1. The van der Waals surface area contributed by atoms with Crippen molar-refractivity contribution >= 4 is 18.4 Å². The molecule has 0 spiro atoms. The van der Waals surface area contributed by atoms with Crippen LogP contribution in [0.3, 0.4) is 0 Å². The second-order valence-electron chi connectivity index (χ2n) is 4.95. The number of nitrogens with one attached hydrogen (secondary N) is 2. The van der Waals surface area contributed by atoms with Crippen LogP contribution in [0, 0.1) is 24.4 Å². The lowest BCUT2D eigenvalue weighted by Gasteiger charge is -2.00. The fourth-order valence-electron chi connectivity index (χ4n) is 2.18.